The van der Waals surface area contributed by atoms with E-state index in [9.17, 15) is 22.7 Å². The predicted molar refractivity (Wildman–Crippen MR) is 116 cm³/mol. The lowest BCUT2D eigenvalue weighted by atomic mass is 10.0. The largest absolute Gasteiger partial charge is 0.511 e. The van der Waals surface area contributed by atoms with Gasteiger partial charge in [-0.3, -0.25) is 4.72 Å². The first-order chi connectivity index (χ1) is 15.3. The summed E-state index contributed by atoms with van der Waals surface area (Å²) >= 11 is 0. The molecule has 1 fully saturated rings. The highest BCUT2D eigenvalue weighted by Crippen LogP contribution is 2.57. The van der Waals surface area contributed by atoms with Gasteiger partial charge in [-0.2, -0.15) is 0 Å². The number of sulfonamides is 1. The van der Waals surface area contributed by atoms with Crippen LogP contribution in [0.5, 0.6) is 11.5 Å². The number of nitrogens with one attached hydrogen (secondary N) is 2. The molecule has 4 rings (SSSR count). The molecule has 2 atom stereocenters. The average molecular weight is 462 g/mol. The van der Waals surface area contributed by atoms with Crippen LogP contribution in [0.2, 0.25) is 0 Å². The van der Waals surface area contributed by atoms with E-state index in [4.69, 9.17) is 9.47 Å². The summed E-state index contributed by atoms with van der Waals surface area (Å²) in [6.45, 7) is 3.57. The van der Waals surface area contributed by atoms with Gasteiger partial charge in [-0.15, -0.1) is 0 Å². The Kier molecular flexibility index (Phi) is 6.07. The van der Waals surface area contributed by atoms with Crippen molar-refractivity contribution in [3.8, 4) is 11.5 Å². The molecule has 10 heteroatoms. The summed E-state index contributed by atoms with van der Waals surface area (Å²) in [6, 6.07) is 6.51. The maximum Gasteiger partial charge on any atom is 0.511 e. The number of hydrogen-bond donors (Lipinski definition) is 3. The number of hydrogen-bond acceptors (Lipinski definition) is 6. The Morgan fingerprint density at radius 2 is 2.16 bits per heavy atom. The Morgan fingerprint density at radius 1 is 1.34 bits per heavy atom. The van der Waals surface area contributed by atoms with Crippen molar-refractivity contribution in [2.45, 2.75) is 24.2 Å². The van der Waals surface area contributed by atoms with Crippen molar-refractivity contribution in [3.05, 3.63) is 53.4 Å². The molecule has 2 aromatic rings. The fourth-order valence-corrected chi connectivity index (χ4v) is 5.04. The molecule has 1 aliphatic heterocycles. The molecular weight excluding hydrogens is 439 g/mol. The lowest BCUT2D eigenvalue weighted by Gasteiger charge is -2.21. The number of rotatable bonds is 8. The molecule has 3 N–H and O–H groups in total. The second-order valence-electron chi connectivity index (χ2n) is 7.64. The van der Waals surface area contributed by atoms with Gasteiger partial charge >= 0.3 is 6.16 Å². The summed E-state index contributed by atoms with van der Waals surface area (Å²) in [6.07, 6.45) is 2.55. The van der Waals surface area contributed by atoms with Gasteiger partial charge in [0.25, 0.3) is 10.0 Å². The van der Waals surface area contributed by atoms with Crippen LogP contribution in [0.25, 0.3) is 6.08 Å². The van der Waals surface area contributed by atoms with Gasteiger partial charge in [0.2, 0.25) is 5.75 Å². The summed E-state index contributed by atoms with van der Waals surface area (Å²) in [7, 11) is -4.21. The second-order valence-corrected chi connectivity index (χ2v) is 9.29. The Labute approximate surface area is 185 Å². The van der Waals surface area contributed by atoms with Crippen molar-refractivity contribution < 1.29 is 32.2 Å². The molecule has 0 spiro atoms. The van der Waals surface area contributed by atoms with Crippen LogP contribution >= 0.6 is 0 Å². The number of fused-ring (bicyclic) bond motifs is 3. The standard InChI is InChI=1S/C22H23FN2O6S/c1-2-24-9-3-4-13-10-15(23)5-8-19(13)32(28,29)25-18-7-6-16-17-11-14(17)12-30-20(16)21(18)31-22(26)27/h3-8,10,14,17,24-25H,2,9,11-12H2,1H3,(H,26,27)/b4-3-/t14-,17-/m1/s1. The highest BCUT2D eigenvalue weighted by atomic mass is 32.2. The van der Waals surface area contributed by atoms with E-state index in [0.717, 1.165) is 36.7 Å². The highest BCUT2D eigenvalue weighted by Gasteiger charge is 2.45. The predicted octanol–water partition coefficient (Wildman–Crippen LogP) is 3.80. The quantitative estimate of drug-likeness (QED) is 0.311. The molecule has 2 aliphatic rings. The van der Waals surface area contributed by atoms with Crippen LogP contribution in [0.4, 0.5) is 14.9 Å². The van der Waals surface area contributed by atoms with E-state index < -0.39 is 22.0 Å². The third-order valence-electron chi connectivity index (χ3n) is 5.41. The SMILES string of the molecule is CCNC/C=C\c1cc(F)ccc1S(=O)(=O)Nc1ccc2c(c1OC(=O)O)OC[C@H]1C[C@@H]21. The van der Waals surface area contributed by atoms with Gasteiger partial charge in [-0.05, 0) is 48.7 Å². The van der Waals surface area contributed by atoms with Crippen LogP contribution in [0.1, 0.15) is 30.4 Å². The van der Waals surface area contributed by atoms with Crippen LogP contribution in [-0.4, -0.2) is 39.4 Å². The Morgan fingerprint density at radius 3 is 2.91 bits per heavy atom. The van der Waals surface area contributed by atoms with E-state index in [1.54, 1.807) is 12.1 Å². The van der Waals surface area contributed by atoms with Gasteiger partial charge in [-0.25, -0.2) is 17.6 Å². The Bertz CT molecular complexity index is 1180. The number of halogens is 1. The third-order valence-corrected chi connectivity index (χ3v) is 6.85. The smallest absolute Gasteiger partial charge is 0.489 e. The lowest BCUT2D eigenvalue weighted by Crippen LogP contribution is -2.18. The minimum Gasteiger partial charge on any atom is -0.489 e. The van der Waals surface area contributed by atoms with Crippen molar-refractivity contribution in [2.24, 2.45) is 5.92 Å². The van der Waals surface area contributed by atoms with E-state index in [0.29, 0.717) is 19.1 Å². The van der Waals surface area contributed by atoms with Crippen molar-refractivity contribution in [3.63, 3.8) is 0 Å². The molecule has 0 aromatic heterocycles. The van der Waals surface area contributed by atoms with E-state index in [2.05, 4.69) is 10.0 Å². The first-order valence-electron chi connectivity index (χ1n) is 10.2. The molecule has 0 amide bonds. The van der Waals surface area contributed by atoms with Crippen molar-refractivity contribution >= 4 is 27.9 Å². The summed E-state index contributed by atoms with van der Waals surface area (Å²) in [5.74, 6) is 0.0965. The van der Waals surface area contributed by atoms with Crippen molar-refractivity contribution in [1.82, 2.24) is 5.32 Å². The zero-order chi connectivity index (χ0) is 22.9. The van der Waals surface area contributed by atoms with E-state index >= 15 is 0 Å². The topological polar surface area (TPSA) is 114 Å². The van der Waals surface area contributed by atoms with Gasteiger partial charge in [0.05, 0.1) is 17.2 Å². The van der Waals surface area contributed by atoms with Crippen molar-refractivity contribution in [1.29, 1.82) is 0 Å². The number of anilines is 1. The molecule has 1 heterocycles. The van der Waals surface area contributed by atoms with Gasteiger partial charge in [-0.1, -0.05) is 25.1 Å². The highest BCUT2D eigenvalue weighted by molar-refractivity contribution is 7.92. The number of likely N-dealkylation sites (N-methyl/N-ethyl adjacent to an activating group) is 1. The lowest BCUT2D eigenvalue weighted by molar-refractivity contribution is 0.141. The zero-order valence-electron chi connectivity index (χ0n) is 17.3. The van der Waals surface area contributed by atoms with Gasteiger partial charge < -0.3 is 19.9 Å². The van der Waals surface area contributed by atoms with Gasteiger partial charge in [0.1, 0.15) is 5.82 Å². The van der Waals surface area contributed by atoms with Crippen LogP contribution in [-0.2, 0) is 10.0 Å². The van der Waals surface area contributed by atoms with Gasteiger partial charge in [0, 0.05) is 18.0 Å². The van der Waals surface area contributed by atoms with E-state index in [-0.39, 0.29) is 33.6 Å². The summed E-state index contributed by atoms with van der Waals surface area (Å²) < 4.78 is 53.1. The molecule has 8 nitrogen and oxygen atoms in total. The first-order valence-corrected chi connectivity index (χ1v) is 11.7. The Balaban J connectivity index is 1.70. The van der Waals surface area contributed by atoms with E-state index in [1.807, 2.05) is 6.92 Å². The monoisotopic (exact) mass is 462 g/mol. The molecule has 0 radical (unpaired) electrons. The molecule has 32 heavy (non-hydrogen) atoms. The molecular formula is C22H23FN2O6S. The van der Waals surface area contributed by atoms with Crippen molar-refractivity contribution in [2.75, 3.05) is 24.4 Å². The summed E-state index contributed by atoms with van der Waals surface area (Å²) in [5.41, 5.74) is 0.887. The molecule has 1 aliphatic carbocycles. The number of ether oxygens (including phenoxy) is 2. The van der Waals surface area contributed by atoms with Crippen LogP contribution in [0.15, 0.2) is 41.3 Å². The maximum atomic E-state index is 13.8. The molecule has 1 saturated carbocycles. The number of benzene rings is 2. The fourth-order valence-electron chi connectivity index (χ4n) is 3.80. The Hall–Kier alpha value is -3.11. The molecule has 0 bridgehead atoms. The van der Waals surface area contributed by atoms with Crippen LogP contribution in [0.3, 0.4) is 0 Å². The second kappa shape index (κ2) is 8.79. The molecule has 0 unspecified atom stereocenters. The summed E-state index contributed by atoms with van der Waals surface area (Å²) in [5, 5.41) is 12.2. The van der Waals surface area contributed by atoms with Crippen LogP contribution in [0, 0.1) is 11.7 Å². The summed E-state index contributed by atoms with van der Waals surface area (Å²) in [4.78, 5) is 11.1. The maximum absolute atomic E-state index is 13.8. The third kappa shape index (κ3) is 4.56. The minimum atomic E-state index is -4.21. The van der Waals surface area contributed by atoms with Crippen LogP contribution < -0.4 is 19.5 Å². The molecule has 2 aromatic carbocycles. The minimum absolute atomic E-state index is 0.0721. The molecule has 170 valence electrons. The number of carbonyl (C=O) groups is 1. The average Bonchev–Trinajstić information content (AvgIpc) is 3.52. The zero-order valence-corrected chi connectivity index (χ0v) is 18.1. The first kappa shape index (κ1) is 22.1. The number of carboxylic acid groups (broad SMARTS) is 1. The van der Waals surface area contributed by atoms with Gasteiger partial charge in [0.15, 0.2) is 5.75 Å². The normalized spacial score (nSPS) is 19.1. The van der Waals surface area contributed by atoms with E-state index in [1.165, 1.54) is 12.1 Å². The molecule has 0 saturated heterocycles. The fraction of sp³-hybridized carbons (Fsp3) is 0.318.